The van der Waals surface area contributed by atoms with Crippen molar-refractivity contribution < 1.29 is 13.6 Å². The zero-order valence-corrected chi connectivity index (χ0v) is 12.0. The van der Waals surface area contributed by atoms with Gasteiger partial charge >= 0.3 is 8.56 Å². The first-order valence-corrected chi connectivity index (χ1v) is 8.97. The molecule has 0 N–H and O–H groups in total. The van der Waals surface area contributed by atoms with Gasteiger partial charge in [0.05, 0.1) is 26.4 Å². The maximum atomic E-state index is 5.94. The Bertz CT molecular complexity index is 227. The third-order valence-electron chi connectivity index (χ3n) is 3.38. The molecule has 0 amide bonds. The van der Waals surface area contributed by atoms with Crippen molar-refractivity contribution in [1.29, 1.82) is 0 Å². The van der Waals surface area contributed by atoms with Gasteiger partial charge < -0.3 is 18.5 Å². The highest BCUT2D eigenvalue weighted by atomic mass is 28.4. The van der Waals surface area contributed by atoms with Crippen LogP contribution in [-0.2, 0) is 13.6 Å². The van der Waals surface area contributed by atoms with E-state index in [4.69, 9.17) is 13.6 Å². The van der Waals surface area contributed by atoms with Crippen molar-refractivity contribution in [2.45, 2.75) is 6.55 Å². The SMILES string of the molecule is CN1CCN(C[Si]2(C)OCCOCCO2)CC1. The molecule has 0 aromatic carbocycles. The van der Waals surface area contributed by atoms with Crippen molar-refractivity contribution in [1.82, 2.24) is 9.80 Å². The lowest BCUT2D eigenvalue weighted by Gasteiger charge is -2.38. The van der Waals surface area contributed by atoms with Gasteiger partial charge in [-0.25, -0.2) is 0 Å². The average Bonchev–Trinajstić information content (AvgIpc) is 2.28. The molecule has 0 bridgehead atoms. The molecule has 2 saturated heterocycles. The minimum Gasteiger partial charge on any atom is -0.391 e. The van der Waals surface area contributed by atoms with E-state index in [1.165, 1.54) is 0 Å². The van der Waals surface area contributed by atoms with Crippen LogP contribution in [0.1, 0.15) is 0 Å². The third-order valence-corrected chi connectivity index (χ3v) is 6.03. The van der Waals surface area contributed by atoms with Crippen LogP contribution in [0, 0.1) is 0 Å². The first-order chi connectivity index (χ1) is 8.18. The molecule has 0 atom stereocenters. The van der Waals surface area contributed by atoms with Gasteiger partial charge in [0.15, 0.2) is 0 Å². The van der Waals surface area contributed by atoms with Crippen molar-refractivity contribution in [2.24, 2.45) is 0 Å². The summed E-state index contributed by atoms with van der Waals surface area (Å²) in [4.78, 5) is 4.85. The van der Waals surface area contributed by atoms with Gasteiger partial charge in [0.1, 0.15) is 0 Å². The second kappa shape index (κ2) is 6.26. The minimum atomic E-state index is -2.00. The first kappa shape index (κ1) is 13.4. The van der Waals surface area contributed by atoms with E-state index in [2.05, 4.69) is 23.4 Å². The summed E-state index contributed by atoms with van der Waals surface area (Å²) in [6, 6.07) is 0. The van der Waals surface area contributed by atoms with E-state index >= 15 is 0 Å². The second-order valence-electron chi connectivity index (χ2n) is 5.02. The molecule has 2 aliphatic heterocycles. The summed E-state index contributed by atoms with van der Waals surface area (Å²) in [6.07, 6.45) is 0.987. The van der Waals surface area contributed by atoms with Crippen LogP contribution in [0.2, 0.25) is 6.55 Å². The Morgan fingerprint density at radius 2 is 1.53 bits per heavy atom. The highest BCUT2D eigenvalue weighted by Crippen LogP contribution is 2.13. The van der Waals surface area contributed by atoms with Crippen LogP contribution >= 0.6 is 0 Å². The quantitative estimate of drug-likeness (QED) is 0.648. The summed E-state index contributed by atoms with van der Waals surface area (Å²) >= 11 is 0. The summed E-state index contributed by atoms with van der Waals surface area (Å²) in [5, 5.41) is 0. The summed E-state index contributed by atoms with van der Waals surface area (Å²) in [5.74, 6) is 0. The van der Waals surface area contributed by atoms with E-state index < -0.39 is 8.56 Å². The predicted molar refractivity (Wildman–Crippen MR) is 68.3 cm³/mol. The molecule has 5 nitrogen and oxygen atoms in total. The van der Waals surface area contributed by atoms with Gasteiger partial charge in [-0.15, -0.1) is 0 Å². The fourth-order valence-corrected chi connectivity index (χ4v) is 4.70. The number of piperazine rings is 1. The molecular weight excluding hydrogens is 236 g/mol. The molecule has 6 heteroatoms. The van der Waals surface area contributed by atoms with Gasteiger partial charge in [0.2, 0.25) is 0 Å². The number of ether oxygens (including phenoxy) is 1. The van der Waals surface area contributed by atoms with Gasteiger partial charge in [-0.2, -0.15) is 0 Å². The van der Waals surface area contributed by atoms with Crippen LogP contribution in [0.5, 0.6) is 0 Å². The Morgan fingerprint density at radius 1 is 0.941 bits per heavy atom. The Hall–Kier alpha value is 0.0169. The summed E-state index contributed by atoms with van der Waals surface area (Å²) in [7, 11) is 0.176. The molecule has 0 aromatic rings. The molecule has 0 spiro atoms. The fourth-order valence-electron chi connectivity index (χ4n) is 2.28. The van der Waals surface area contributed by atoms with E-state index in [1.807, 2.05) is 0 Å². The molecule has 0 unspecified atom stereocenters. The van der Waals surface area contributed by atoms with Crippen LogP contribution in [0.3, 0.4) is 0 Å². The first-order valence-electron chi connectivity index (χ1n) is 6.44. The van der Waals surface area contributed by atoms with E-state index in [-0.39, 0.29) is 0 Å². The zero-order chi connectivity index (χ0) is 12.1. The molecular formula is C11H24N2O3Si. The Balaban J connectivity index is 1.82. The van der Waals surface area contributed by atoms with Gasteiger partial charge in [-0.1, -0.05) is 0 Å². The van der Waals surface area contributed by atoms with Crippen molar-refractivity contribution in [3.05, 3.63) is 0 Å². The minimum absolute atomic E-state index is 0.677. The molecule has 0 aromatic heterocycles. The standard InChI is InChI=1S/C11H24N2O3Si/c1-12-3-5-13(6-4-12)11-17(2)15-9-7-14-8-10-16-17/h3-11H2,1-2H3. The van der Waals surface area contributed by atoms with Gasteiger partial charge in [-0.05, 0) is 13.6 Å². The van der Waals surface area contributed by atoms with Crippen LogP contribution in [0.15, 0.2) is 0 Å². The van der Waals surface area contributed by atoms with Crippen molar-refractivity contribution >= 4 is 8.56 Å². The predicted octanol–water partition coefficient (Wildman–Crippen LogP) is -0.0916. The third kappa shape index (κ3) is 4.31. The summed E-state index contributed by atoms with van der Waals surface area (Å²) in [6.45, 7) is 9.48. The second-order valence-corrected chi connectivity index (χ2v) is 8.18. The molecule has 2 fully saturated rings. The smallest absolute Gasteiger partial charge is 0.349 e. The monoisotopic (exact) mass is 260 g/mol. The van der Waals surface area contributed by atoms with Crippen LogP contribution in [0.4, 0.5) is 0 Å². The molecule has 2 aliphatic rings. The maximum Gasteiger partial charge on any atom is 0.349 e. The van der Waals surface area contributed by atoms with Crippen molar-refractivity contribution in [3.8, 4) is 0 Å². The van der Waals surface area contributed by atoms with Crippen LogP contribution in [-0.4, -0.2) is 84.2 Å². The Labute approximate surface area is 105 Å². The normalized spacial score (nSPS) is 28.6. The Kier molecular flexibility index (Phi) is 4.95. The molecule has 17 heavy (non-hydrogen) atoms. The molecule has 2 rings (SSSR count). The number of likely N-dealkylation sites (N-methyl/N-ethyl adjacent to an activating group) is 1. The highest BCUT2D eigenvalue weighted by Gasteiger charge is 2.35. The number of hydrogen-bond acceptors (Lipinski definition) is 5. The fraction of sp³-hybridized carbons (Fsp3) is 1.00. The molecule has 100 valence electrons. The number of rotatable bonds is 2. The zero-order valence-electron chi connectivity index (χ0n) is 11.0. The van der Waals surface area contributed by atoms with Crippen LogP contribution in [0.25, 0.3) is 0 Å². The van der Waals surface area contributed by atoms with Gasteiger partial charge in [-0.3, -0.25) is 4.90 Å². The van der Waals surface area contributed by atoms with Crippen LogP contribution < -0.4 is 0 Å². The van der Waals surface area contributed by atoms with Crippen molar-refractivity contribution in [3.63, 3.8) is 0 Å². The highest BCUT2D eigenvalue weighted by molar-refractivity contribution is 6.66. The largest absolute Gasteiger partial charge is 0.391 e. The summed E-state index contributed by atoms with van der Waals surface area (Å²) < 4.78 is 17.2. The number of hydrogen-bond donors (Lipinski definition) is 0. The van der Waals surface area contributed by atoms with E-state index in [0.29, 0.717) is 26.4 Å². The van der Waals surface area contributed by atoms with E-state index in [0.717, 1.165) is 32.3 Å². The summed E-state index contributed by atoms with van der Waals surface area (Å²) in [5.41, 5.74) is 0. The maximum absolute atomic E-state index is 5.94. The molecule has 2 heterocycles. The van der Waals surface area contributed by atoms with E-state index in [9.17, 15) is 0 Å². The molecule has 0 radical (unpaired) electrons. The van der Waals surface area contributed by atoms with E-state index in [1.54, 1.807) is 0 Å². The molecule has 0 saturated carbocycles. The van der Waals surface area contributed by atoms with Gasteiger partial charge in [0, 0.05) is 32.3 Å². The topological polar surface area (TPSA) is 34.2 Å². The van der Waals surface area contributed by atoms with Gasteiger partial charge in [0.25, 0.3) is 0 Å². The lowest BCUT2D eigenvalue weighted by molar-refractivity contribution is 0.0207. The molecule has 0 aliphatic carbocycles. The lowest BCUT2D eigenvalue weighted by Crippen LogP contribution is -2.56. The Morgan fingerprint density at radius 3 is 2.12 bits per heavy atom. The lowest BCUT2D eigenvalue weighted by atomic mass is 10.4. The van der Waals surface area contributed by atoms with Crippen molar-refractivity contribution in [2.75, 3.05) is 65.8 Å². The average molecular weight is 260 g/mol. The number of nitrogens with zero attached hydrogens (tertiary/aromatic N) is 2.